The fourth-order valence-electron chi connectivity index (χ4n) is 2.44. The first-order valence-corrected chi connectivity index (χ1v) is 7.80. The minimum Gasteiger partial charge on any atom is -0.492 e. The Morgan fingerprint density at radius 2 is 2.00 bits per heavy atom. The molecule has 1 aliphatic carbocycles. The van der Waals surface area contributed by atoms with Crippen molar-refractivity contribution in [3.8, 4) is 5.75 Å². The minimum atomic E-state index is 0.768. The first-order chi connectivity index (χ1) is 9.69. The number of nitrogens with one attached hydrogen (secondary N) is 1. The molecule has 0 bridgehead atoms. The predicted octanol–water partition coefficient (Wildman–Crippen LogP) is 2.76. The Morgan fingerprint density at radius 1 is 1.30 bits per heavy atom. The molecular formula is C17H28N2O. The number of rotatable bonds is 9. The summed E-state index contributed by atoms with van der Waals surface area (Å²) >= 11 is 0. The summed E-state index contributed by atoms with van der Waals surface area (Å²) in [5, 5.41) is 3.32. The Balaban J connectivity index is 1.63. The topological polar surface area (TPSA) is 24.5 Å². The van der Waals surface area contributed by atoms with Crippen molar-refractivity contribution in [1.29, 1.82) is 0 Å². The maximum absolute atomic E-state index is 5.80. The van der Waals surface area contributed by atoms with Crippen molar-refractivity contribution in [2.24, 2.45) is 11.8 Å². The standard InChI is InChI=1S/C17H28N2O/c1-4-18-12-15-5-7-17(8-6-15)20-10-9-19(3)13-16-11-14(16)2/h5-8,14,16,18H,4,9-13H2,1-3H3. The van der Waals surface area contributed by atoms with E-state index in [-0.39, 0.29) is 0 Å². The molecule has 1 N–H and O–H groups in total. The molecular weight excluding hydrogens is 248 g/mol. The van der Waals surface area contributed by atoms with Crippen LogP contribution in [0.3, 0.4) is 0 Å². The van der Waals surface area contributed by atoms with Gasteiger partial charge in [0, 0.05) is 19.6 Å². The zero-order valence-electron chi connectivity index (χ0n) is 13.1. The maximum atomic E-state index is 5.80. The van der Waals surface area contributed by atoms with Gasteiger partial charge in [-0.25, -0.2) is 0 Å². The van der Waals surface area contributed by atoms with Crippen molar-refractivity contribution in [1.82, 2.24) is 10.2 Å². The fraction of sp³-hybridized carbons (Fsp3) is 0.647. The quantitative estimate of drug-likeness (QED) is 0.750. The Bertz CT molecular complexity index is 390. The van der Waals surface area contributed by atoms with Crippen molar-refractivity contribution in [3.63, 3.8) is 0 Å². The van der Waals surface area contributed by atoms with Gasteiger partial charge >= 0.3 is 0 Å². The molecule has 2 unspecified atom stereocenters. The number of ether oxygens (including phenoxy) is 1. The number of hydrogen-bond donors (Lipinski definition) is 1. The van der Waals surface area contributed by atoms with Crippen LogP contribution in [0.2, 0.25) is 0 Å². The molecule has 0 radical (unpaired) electrons. The minimum absolute atomic E-state index is 0.768. The lowest BCUT2D eigenvalue weighted by atomic mass is 10.2. The summed E-state index contributed by atoms with van der Waals surface area (Å²) in [5.74, 6) is 2.83. The van der Waals surface area contributed by atoms with Crippen LogP contribution in [0.1, 0.15) is 25.8 Å². The van der Waals surface area contributed by atoms with Gasteiger partial charge in [-0.2, -0.15) is 0 Å². The lowest BCUT2D eigenvalue weighted by Gasteiger charge is -2.16. The zero-order chi connectivity index (χ0) is 14.4. The Kier molecular flexibility index (Phi) is 5.86. The average molecular weight is 276 g/mol. The first-order valence-electron chi connectivity index (χ1n) is 7.80. The molecule has 1 aliphatic rings. The SMILES string of the molecule is CCNCc1ccc(OCCN(C)CC2CC2C)cc1. The highest BCUT2D eigenvalue weighted by Gasteiger charge is 2.32. The molecule has 1 fully saturated rings. The van der Waals surface area contributed by atoms with E-state index in [2.05, 4.69) is 55.4 Å². The molecule has 1 aromatic rings. The highest BCUT2D eigenvalue weighted by Crippen LogP contribution is 2.37. The highest BCUT2D eigenvalue weighted by atomic mass is 16.5. The van der Waals surface area contributed by atoms with Crippen molar-refractivity contribution >= 4 is 0 Å². The average Bonchev–Trinajstić information content (AvgIpc) is 3.13. The van der Waals surface area contributed by atoms with Crippen LogP contribution < -0.4 is 10.1 Å². The van der Waals surface area contributed by atoms with Crippen molar-refractivity contribution in [3.05, 3.63) is 29.8 Å². The van der Waals surface area contributed by atoms with E-state index in [0.29, 0.717) is 0 Å². The van der Waals surface area contributed by atoms with Crippen molar-refractivity contribution in [2.45, 2.75) is 26.8 Å². The van der Waals surface area contributed by atoms with Gasteiger partial charge in [-0.15, -0.1) is 0 Å². The molecule has 1 aromatic carbocycles. The molecule has 0 spiro atoms. The number of likely N-dealkylation sites (N-methyl/N-ethyl adjacent to an activating group) is 1. The molecule has 0 heterocycles. The summed E-state index contributed by atoms with van der Waals surface area (Å²) < 4.78 is 5.80. The van der Waals surface area contributed by atoms with Gasteiger partial charge in [0.1, 0.15) is 12.4 Å². The van der Waals surface area contributed by atoms with E-state index >= 15 is 0 Å². The van der Waals surface area contributed by atoms with E-state index < -0.39 is 0 Å². The third-order valence-corrected chi connectivity index (χ3v) is 4.07. The molecule has 2 rings (SSSR count). The van der Waals surface area contributed by atoms with Crippen molar-refractivity contribution < 1.29 is 4.74 Å². The molecule has 20 heavy (non-hydrogen) atoms. The largest absolute Gasteiger partial charge is 0.492 e. The highest BCUT2D eigenvalue weighted by molar-refractivity contribution is 5.27. The molecule has 0 aromatic heterocycles. The van der Waals surface area contributed by atoms with E-state index in [1.54, 1.807) is 0 Å². The Labute approximate surface area is 123 Å². The van der Waals surface area contributed by atoms with Crippen LogP contribution in [-0.4, -0.2) is 38.2 Å². The third-order valence-electron chi connectivity index (χ3n) is 4.07. The van der Waals surface area contributed by atoms with E-state index in [1.807, 2.05) is 0 Å². The van der Waals surface area contributed by atoms with Gasteiger partial charge in [-0.05, 0) is 49.5 Å². The van der Waals surface area contributed by atoms with Crippen LogP contribution in [0.15, 0.2) is 24.3 Å². The monoisotopic (exact) mass is 276 g/mol. The summed E-state index contributed by atoms with van der Waals surface area (Å²) in [7, 11) is 2.19. The van der Waals surface area contributed by atoms with Gasteiger partial charge in [0.25, 0.3) is 0 Å². The van der Waals surface area contributed by atoms with Crippen LogP contribution >= 0.6 is 0 Å². The van der Waals surface area contributed by atoms with Crippen LogP contribution in [0.25, 0.3) is 0 Å². The number of hydrogen-bond acceptors (Lipinski definition) is 3. The van der Waals surface area contributed by atoms with Gasteiger partial charge in [-0.1, -0.05) is 26.0 Å². The van der Waals surface area contributed by atoms with Gasteiger partial charge < -0.3 is 15.0 Å². The second kappa shape index (κ2) is 7.65. The van der Waals surface area contributed by atoms with Gasteiger partial charge in [0.05, 0.1) is 0 Å². The Morgan fingerprint density at radius 3 is 2.60 bits per heavy atom. The van der Waals surface area contributed by atoms with Crippen LogP contribution in [0, 0.1) is 11.8 Å². The molecule has 3 nitrogen and oxygen atoms in total. The smallest absolute Gasteiger partial charge is 0.119 e. The number of benzene rings is 1. The van der Waals surface area contributed by atoms with Gasteiger partial charge in [-0.3, -0.25) is 0 Å². The van der Waals surface area contributed by atoms with E-state index in [1.165, 1.54) is 18.5 Å². The second-order valence-electron chi connectivity index (χ2n) is 6.01. The first kappa shape index (κ1) is 15.3. The summed E-state index contributed by atoms with van der Waals surface area (Å²) in [5.41, 5.74) is 1.30. The third kappa shape index (κ3) is 5.14. The molecule has 112 valence electrons. The molecule has 0 amide bonds. The Hall–Kier alpha value is -1.06. The van der Waals surface area contributed by atoms with Gasteiger partial charge in [0.15, 0.2) is 0 Å². The lowest BCUT2D eigenvalue weighted by Crippen LogP contribution is -2.26. The number of nitrogens with zero attached hydrogens (tertiary/aromatic N) is 1. The summed E-state index contributed by atoms with van der Waals surface area (Å²) in [6, 6.07) is 8.40. The van der Waals surface area contributed by atoms with E-state index in [4.69, 9.17) is 4.74 Å². The lowest BCUT2D eigenvalue weighted by molar-refractivity contribution is 0.230. The summed E-state index contributed by atoms with van der Waals surface area (Å²) in [6.07, 6.45) is 1.40. The summed E-state index contributed by atoms with van der Waals surface area (Å²) in [4.78, 5) is 2.38. The zero-order valence-corrected chi connectivity index (χ0v) is 13.1. The second-order valence-corrected chi connectivity index (χ2v) is 6.01. The van der Waals surface area contributed by atoms with Crippen molar-refractivity contribution in [2.75, 3.05) is 33.3 Å². The van der Waals surface area contributed by atoms with E-state index in [9.17, 15) is 0 Å². The van der Waals surface area contributed by atoms with E-state index in [0.717, 1.165) is 43.8 Å². The molecule has 0 aliphatic heterocycles. The van der Waals surface area contributed by atoms with Crippen LogP contribution in [0.4, 0.5) is 0 Å². The maximum Gasteiger partial charge on any atom is 0.119 e. The van der Waals surface area contributed by atoms with Gasteiger partial charge in [0.2, 0.25) is 0 Å². The normalized spacial score (nSPS) is 21.2. The molecule has 1 saturated carbocycles. The predicted molar refractivity (Wildman–Crippen MR) is 84.1 cm³/mol. The molecule has 0 saturated heterocycles. The fourth-order valence-corrected chi connectivity index (χ4v) is 2.44. The molecule has 3 heteroatoms. The molecule has 2 atom stereocenters. The van der Waals surface area contributed by atoms with Crippen LogP contribution in [0.5, 0.6) is 5.75 Å². The summed E-state index contributed by atoms with van der Waals surface area (Å²) in [6.45, 7) is 9.38. The van der Waals surface area contributed by atoms with Crippen LogP contribution in [-0.2, 0) is 6.54 Å².